The van der Waals surface area contributed by atoms with Gasteiger partial charge in [0.05, 0.1) is 12.0 Å². The van der Waals surface area contributed by atoms with Crippen molar-refractivity contribution >= 4 is 5.97 Å². The highest BCUT2D eigenvalue weighted by Crippen LogP contribution is 2.35. The van der Waals surface area contributed by atoms with E-state index in [0.717, 1.165) is 0 Å². The van der Waals surface area contributed by atoms with Gasteiger partial charge in [-0.1, -0.05) is 0 Å². The van der Waals surface area contributed by atoms with Crippen LogP contribution in [0.5, 0.6) is 5.75 Å². The highest BCUT2D eigenvalue weighted by Gasteiger charge is 2.36. The van der Waals surface area contributed by atoms with Crippen LogP contribution in [0.2, 0.25) is 0 Å². The Morgan fingerprint density at radius 3 is 2.87 bits per heavy atom. The van der Waals surface area contributed by atoms with Gasteiger partial charge in [0.1, 0.15) is 5.75 Å². The van der Waals surface area contributed by atoms with Gasteiger partial charge in [-0.25, -0.2) is 4.79 Å². The Balaban J connectivity index is 2.36. The van der Waals surface area contributed by atoms with E-state index in [1.54, 1.807) is 0 Å². The Morgan fingerprint density at radius 1 is 1.47 bits per heavy atom. The fourth-order valence-electron chi connectivity index (χ4n) is 1.50. The second kappa shape index (κ2) is 3.18. The first-order valence-electron chi connectivity index (χ1n) is 4.41. The van der Waals surface area contributed by atoms with E-state index in [1.807, 2.05) is 0 Å². The molecule has 1 aliphatic rings. The summed E-state index contributed by atoms with van der Waals surface area (Å²) in [5.41, 5.74) is 0.600. The average Bonchev–Trinajstić information content (AvgIpc) is 2.15. The van der Waals surface area contributed by atoms with Crippen LogP contribution in [-0.2, 0) is 6.42 Å². The van der Waals surface area contributed by atoms with Gasteiger partial charge in [0.25, 0.3) is 0 Å². The number of halogens is 2. The first-order valence-corrected chi connectivity index (χ1v) is 4.41. The first-order chi connectivity index (χ1) is 6.98. The van der Waals surface area contributed by atoms with Crippen LogP contribution in [0, 0.1) is 0 Å². The minimum Gasteiger partial charge on any atom is -0.478 e. The molecule has 1 aromatic rings. The summed E-state index contributed by atoms with van der Waals surface area (Å²) in [7, 11) is 0. The number of carboxylic acid groups (broad SMARTS) is 1. The van der Waals surface area contributed by atoms with E-state index in [1.165, 1.54) is 18.2 Å². The summed E-state index contributed by atoms with van der Waals surface area (Å²) < 4.78 is 30.0. The third-order valence-corrected chi connectivity index (χ3v) is 2.25. The minimum absolute atomic E-state index is 0.0660. The Labute approximate surface area is 84.3 Å². The van der Waals surface area contributed by atoms with Gasteiger partial charge >= 0.3 is 12.1 Å². The molecule has 1 N–H and O–H groups in total. The van der Waals surface area contributed by atoms with E-state index in [4.69, 9.17) is 5.11 Å². The van der Waals surface area contributed by atoms with Crippen LogP contribution in [0.3, 0.4) is 0 Å². The van der Waals surface area contributed by atoms with Crippen molar-refractivity contribution in [2.75, 3.05) is 0 Å². The molecule has 0 aliphatic carbocycles. The lowest BCUT2D eigenvalue weighted by Gasteiger charge is -2.25. The molecule has 15 heavy (non-hydrogen) atoms. The van der Waals surface area contributed by atoms with Crippen molar-refractivity contribution in [3.63, 3.8) is 0 Å². The molecule has 1 heterocycles. The van der Waals surface area contributed by atoms with Crippen molar-refractivity contribution in [2.45, 2.75) is 19.0 Å². The molecule has 0 aromatic heterocycles. The maximum atomic E-state index is 12.8. The number of carboxylic acids is 1. The number of ether oxygens (including phenoxy) is 1. The number of hydrogen-bond acceptors (Lipinski definition) is 2. The maximum Gasteiger partial charge on any atom is 0.398 e. The molecule has 0 amide bonds. The largest absolute Gasteiger partial charge is 0.478 e. The summed E-state index contributed by atoms with van der Waals surface area (Å²) in [6.07, 6.45) is -3.43. The summed E-state index contributed by atoms with van der Waals surface area (Å²) in [6, 6.07) is 3.89. The number of benzene rings is 1. The van der Waals surface area contributed by atoms with E-state index < -0.39 is 18.5 Å². The maximum absolute atomic E-state index is 12.8. The molecule has 1 aromatic carbocycles. The third kappa shape index (κ3) is 1.91. The second-order valence-electron chi connectivity index (χ2n) is 3.37. The predicted molar refractivity (Wildman–Crippen MR) is 47.3 cm³/mol. The molecule has 1 aliphatic heterocycles. The number of aryl methyl sites for hydroxylation is 1. The minimum atomic E-state index is -3.14. The molecule has 0 saturated carbocycles. The fraction of sp³-hybridized carbons (Fsp3) is 0.300. The number of carbonyl (C=O) groups is 1. The average molecular weight is 214 g/mol. The lowest BCUT2D eigenvalue weighted by molar-refractivity contribution is -0.187. The number of rotatable bonds is 1. The van der Waals surface area contributed by atoms with Crippen LogP contribution >= 0.6 is 0 Å². The smallest absolute Gasteiger partial charge is 0.398 e. The zero-order valence-electron chi connectivity index (χ0n) is 7.67. The summed E-state index contributed by atoms with van der Waals surface area (Å²) in [4.78, 5) is 10.6. The van der Waals surface area contributed by atoms with E-state index in [-0.39, 0.29) is 17.7 Å². The van der Waals surface area contributed by atoms with Crippen LogP contribution in [0.15, 0.2) is 18.2 Å². The van der Waals surface area contributed by atoms with Crippen molar-refractivity contribution in [1.29, 1.82) is 0 Å². The van der Waals surface area contributed by atoms with E-state index in [0.29, 0.717) is 5.56 Å². The van der Waals surface area contributed by atoms with Crippen LogP contribution in [0.25, 0.3) is 0 Å². The van der Waals surface area contributed by atoms with Crippen molar-refractivity contribution in [3.05, 3.63) is 29.3 Å². The first kappa shape index (κ1) is 9.89. The van der Waals surface area contributed by atoms with E-state index >= 15 is 0 Å². The lowest BCUT2D eigenvalue weighted by Crippen LogP contribution is -2.29. The van der Waals surface area contributed by atoms with Gasteiger partial charge in [0.2, 0.25) is 0 Å². The Hall–Kier alpha value is -1.65. The molecular weight excluding hydrogens is 206 g/mol. The van der Waals surface area contributed by atoms with Gasteiger partial charge in [-0.2, -0.15) is 8.78 Å². The summed E-state index contributed by atoms with van der Waals surface area (Å²) >= 11 is 0. The van der Waals surface area contributed by atoms with Gasteiger partial charge < -0.3 is 9.84 Å². The predicted octanol–water partition coefficient (Wildman–Crippen LogP) is 2.30. The summed E-state index contributed by atoms with van der Waals surface area (Å²) in [5.74, 6) is -1.01. The molecule has 0 fully saturated rings. The zero-order chi connectivity index (χ0) is 11.1. The van der Waals surface area contributed by atoms with Crippen LogP contribution < -0.4 is 4.74 Å². The second-order valence-corrected chi connectivity index (χ2v) is 3.37. The van der Waals surface area contributed by atoms with Crippen LogP contribution in [-0.4, -0.2) is 17.2 Å². The van der Waals surface area contributed by atoms with E-state index in [9.17, 15) is 13.6 Å². The number of aromatic carboxylic acids is 1. The van der Waals surface area contributed by atoms with Gasteiger partial charge in [0, 0.05) is 0 Å². The fourth-order valence-corrected chi connectivity index (χ4v) is 1.50. The highest BCUT2D eigenvalue weighted by molar-refractivity contribution is 5.88. The Kier molecular flexibility index (Phi) is 2.10. The van der Waals surface area contributed by atoms with Crippen LogP contribution in [0.4, 0.5) is 8.78 Å². The summed E-state index contributed by atoms with van der Waals surface area (Å²) in [6.45, 7) is 0. The van der Waals surface area contributed by atoms with E-state index in [2.05, 4.69) is 4.74 Å². The highest BCUT2D eigenvalue weighted by atomic mass is 19.3. The molecule has 80 valence electrons. The Morgan fingerprint density at radius 2 is 2.20 bits per heavy atom. The topological polar surface area (TPSA) is 46.5 Å². The van der Waals surface area contributed by atoms with Crippen molar-refractivity contribution in [2.24, 2.45) is 0 Å². The van der Waals surface area contributed by atoms with Crippen LogP contribution in [0.1, 0.15) is 22.3 Å². The molecule has 0 radical (unpaired) electrons. The standard InChI is InChI=1S/C10H8F2O3/c11-10(12)4-3-6-5-7(9(13)14)1-2-8(6)15-10/h1-2,5H,3-4H2,(H,13,14). The van der Waals surface area contributed by atoms with Crippen molar-refractivity contribution in [1.82, 2.24) is 0 Å². The summed E-state index contributed by atoms with van der Waals surface area (Å²) in [5, 5.41) is 8.70. The Bertz CT molecular complexity index is 415. The van der Waals surface area contributed by atoms with Gasteiger partial charge in [-0.3, -0.25) is 0 Å². The monoisotopic (exact) mass is 214 g/mol. The molecule has 0 unspecified atom stereocenters. The number of alkyl halides is 2. The van der Waals surface area contributed by atoms with Crippen molar-refractivity contribution < 1.29 is 23.4 Å². The SMILES string of the molecule is O=C(O)c1ccc2c(c1)CCC(F)(F)O2. The van der Waals surface area contributed by atoms with Gasteiger partial charge in [-0.05, 0) is 30.2 Å². The molecule has 0 bridgehead atoms. The zero-order valence-corrected chi connectivity index (χ0v) is 7.67. The quantitative estimate of drug-likeness (QED) is 0.780. The normalized spacial score (nSPS) is 17.7. The van der Waals surface area contributed by atoms with Gasteiger partial charge in [0.15, 0.2) is 0 Å². The van der Waals surface area contributed by atoms with Gasteiger partial charge in [-0.15, -0.1) is 0 Å². The molecule has 3 nitrogen and oxygen atoms in total. The van der Waals surface area contributed by atoms with Crippen molar-refractivity contribution in [3.8, 4) is 5.75 Å². The third-order valence-electron chi connectivity index (χ3n) is 2.25. The lowest BCUT2D eigenvalue weighted by atomic mass is 10.0. The molecule has 5 heteroatoms. The number of hydrogen-bond donors (Lipinski definition) is 1. The molecule has 2 rings (SSSR count). The molecular formula is C10H8F2O3. The number of fused-ring (bicyclic) bond motifs is 1. The molecule has 0 saturated heterocycles. The molecule has 0 spiro atoms. The molecule has 0 atom stereocenters.